The number of nitrogens with one attached hydrogen (secondary N) is 1. The van der Waals surface area contributed by atoms with Crippen LogP contribution in [0.3, 0.4) is 0 Å². The van der Waals surface area contributed by atoms with Gasteiger partial charge in [0.1, 0.15) is 29.6 Å². The first kappa shape index (κ1) is 18.1. The van der Waals surface area contributed by atoms with Gasteiger partial charge in [0.2, 0.25) is 5.88 Å². The first-order valence-corrected chi connectivity index (χ1v) is 9.18. The average Bonchev–Trinajstić information content (AvgIpc) is 2.70. The molecule has 8 heteroatoms. The molecule has 28 heavy (non-hydrogen) atoms. The number of nitrogens with two attached hydrogens (primary N) is 1. The molecule has 2 aromatic heterocycles. The number of pyridine rings is 1. The fourth-order valence-electron chi connectivity index (χ4n) is 3.49. The highest BCUT2D eigenvalue weighted by Gasteiger charge is 2.25. The molecular weight excluding hydrogens is 361 g/mol. The summed E-state index contributed by atoms with van der Waals surface area (Å²) < 4.78 is 19.5. The van der Waals surface area contributed by atoms with Crippen molar-refractivity contribution in [3.63, 3.8) is 0 Å². The predicted octanol–water partition coefficient (Wildman–Crippen LogP) is 3.06. The van der Waals surface area contributed by atoms with Crippen LogP contribution in [0.15, 0.2) is 42.9 Å². The number of primary amides is 1. The molecule has 1 fully saturated rings. The number of nitrogens with zero attached hydrogens (tertiary/aromatic N) is 3. The third-order valence-electron chi connectivity index (χ3n) is 4.93. The standard InChI is InChI=1S/C20H20FN5O2/c21-12-3-8-17-16(10-12)19(25-11-24-17)26-13-4-6-14(7-5-13)28-20-15(18(22)27)2-1-9-23-20/h1-3,8-11,13-14H,4-7H2,(H2,22,27)(H,24,25,26). The van der Waals surface area contributed by atoms with E-state index in [2.05, 4.69) is 20.3 Å². The molecule has 0 radical (unpaired) electrons. The Bertz CT molecular complexity index is 1000. The lowest BCUT2D eigenvalue weighted by atomic mass is 9.93. The minimum absolute atomic E-state index is 0.0364. The zero-order chi connectivity index (χ0) is 19.5. The molecule has 0 unspecified atom stereocenters. The van der Waals surface area contributed by atoms with E-state index in [4.69, 9.17) is 10.5 Å². The Labute approximate surface area is 161 Å². The van der Waals surface area contributed by atoms with Crippen LogP contribution in [0.25, 0.3) is 10.9 Å². The van der Waals surface area contributed by atoms with Crippen LogP contribution < -0.4 is 15.8 Å². The molecule has 1 aliphatic rings. The van der Waals surface area contributed by atoms with Crippen molar-refractivity contribution in [1.82, 2.24) is 15.0 Å². The molecule has 3 aromatic rings. The van der Waals surface area contributed by atoms with Crippen molar-refractivity contribution in [2.75, 3.05) is 5.32 Å². The number of aromatic nitrogens is 3. The lowest BCUT2D eigenvalue weighted by Gasteiger charge is -2.30. The quantitative estimate of drug-likeness (QED) is 0.704. The van der Waals surface area contributed by atoms with Gasteiger partial charge in [-0.15, -0.1) is 0 Å². The molecule has 7 nitrogen and oxygen atoms in total. The SMILES string of the molecule is NC(=O)c1cccnc1OC1CCC(Nc2ncnc3ccc(F)cc23)CC1. The number of halogens is 1. The second-order valence-electron chi connectivity index (χ2n) is 6.84. The highest BCUT2D eigenvalue weighted by Crippen LogP contribution is 2.28. The molecule has 0 atom stereocenters. The molecular formula is C20H20FN5O2. The fourth-order valence-corrected chi connectivity index (χ4v) is 3.49. The maximum atomic E-state index is 13.6. The van der Waals surface area contributed by atoms with Crippen molar-refractivity contribution < 1.29 is 13.9 Å². The lowest BCUT2D eigenvalue weighted by Crippen LogP contribution is -2.32. The number of ether oxygens (including phenoxy) is 1. The summed E-state index contributed by atoms with van der Waals surface area (Å²) in [5, 5.41) is 4.07. The number of anilines is 1. The number of fused-ring (bicyclic) bond motifs is 1. The fraction of sp³-hybridized carbons (Fsp3) is 0.300. The van der Waals surface area contributed by atoms with Gasteiger partial charge in [0.15, 0.2) is 0 Å². The van der Waals surface area contributed by atoms with Crippen LogP contribution >= 0.6 is 0 Å². The maximum Gasteiger partial charge on any atom is 0.254 e. The van der Waals surface area contributed by atoms with E-state index >= 15 is 0 Å². The largest absolute Gasteiger partial charge is 0.474 e. The molecule has 2 heterocycles. The summed E-state index contributed by atoms with van der Waals surface area (Å²) in [5.74, 6) is 0.0442. The second kappa shape index (κ2) is 7.75. The molecule has 0 aliphatic heterocycles. The summed E-state index contributed by atoms with van der Waals surface area (Å²) in [5.41, 5.74) is 6.36. The Kier molecular flexibility index (Phi) is 5.01. The molecule has 3 N–H and O–H groups in total. The summed E-state index contributed by atoms with van der Waals surface area (Å²) >= 11 is 0. The molecule has 0 bridgehead atoms. The van der Waals surface area contributed by atoms with E-state index in [0.29, 0.717) is 16.7 Å². The Hall–Kier alpha value is -3.29. The van der Waals surface area contributed by atoms with Gasteiger partial charge in [-0.3, -0.25) is 4.79 Å². The van der Waals surface area contributed by atoms with E-state index < -0.39 is 5.91 Å². The van der Waals surface area contributed by atoms with Crippen molar-refractivity contribution in [1.29, 1.82) is 0 Å². The monoisotopic (exact) mass is 381 g/mol. The molecule has 1 aliphatic carbocycles. The first-order chi connectivity index (χ1) is 13.6. The third kappa shape index (κ3) is 3.85. The molecule has 1 aromatic carbocycles. The van der Waals surface area contributed by atoms with Crippen LogP contribution in [0.5, 0.6) is 5.88 Å². The van der Waals surface area contributed by atoms with Gasteiger partial charge in [-0.2, -0.15) is 0 Å². The minimum Gasteiger partial charge on any atom is -0.474 e. The van der Waals surface area contributed by atoms with Crippen LogP contribution in [-0.2, 0) is 0 Å². The molecule has 0 saturated heterocycles. The van der Waals surface area contributed by atoms with Crippen LogP contribution in [-0.4, -0.2) is 33.0 Å². The van der Waals surface area contributed by atoms with Crippen molar-refractivity contribution in [3.05, 3.63) is 54.2 Å². The summed E-state index contributed by atoms with van der Waals surface area (Å²) in [6.07, 6.45) is 6.31. The zero-order valence-corrected chi connectivity index (χ0v) is 15.1. The van der Waals surface area contributed by atoms with E-state index in [9.17, 15) is 9.18 Å². The predicted molar refractivity (Wildman–Crippen MR) is 103 cm³/mol. The Morgan fingerprint density at radius 1 is 1.14 bits per heavy atom. The van der Waals surface area contributed by atoms with Crippen molar-refractivity contribution in [2.45, 2.75) is 37.8 Å². The van der Waals surface area contributed by atoms with E-state index in [-0.39, 0.29) is 29.4 Å². The zero-order valence-electron chi connectivity index (χ0n) is 15.1. The van der Waals surface area contributed by atoms with Gasteiger partial charge in [-0.25, -0.2) is 19.3 Å². The van der Waals surface area contributed by atoms with E-state index in [1.165, 1.54) is 18.5 Å². The second-order valence-corrected chi connectivity index (χ2v) is 6.84. The molecule has 1 amide bonds. The van der Waals surface area contributed by atoms with Crippen LogP contribution in [0.1, 0.15) is 36.0 Å². The number of hydrogen-bond donors (Lipinski definition) is 2. The molecule has 144 valence electrons. The van der Waals surface area contributed by atoms with E-state index in [1.54, 1.807) is 24.4 Å². The Morgan fingerprint density at radius 2 is 1.96 bits per heavy atom. The van der Waals surface area contributed by atoms with Crippen LogP contribution in [0.4, 0.5) is 10.2 Å². The molecule has 4 rings (SSSR count). The number of rotatable bonds is 5. The maximum absolute atomic E-state index is 13.6. The molecule has 1 saturated carbocycles. The van der Waals surface area contributed by atoms with Gasteiger partial charge in [0.05, 0.1) is 5.52 Å². The Morgan fingerprint density at radius 3 is 2.75 bits per heavy atom. The normalized spacial score (nSPS) is 19.3. The van der Waals surface area contributed by atoms with Gasteiger partial charge >= 0.3 is 0 Å². The number of carbonyl (C=O) groups is 1. The summed E-state index contributed by atoms with van der Waals surface area (Å²) in [7, 11) is 0. The summed E-state index contributed by atoms with van der Waals surface area (Å²) in [6.45, 7) is 0. The number of carbonyl (C=O) groups excluding carboxylic acids is 1. The van der Waals surface area contributed by atoms with Gasteiger partial charge in [0.25, 0.3) is 5.91 Å². The van der Waals surface area contributed by atoms with Crippen molar-refractivity contribution in [3.8, 4) is 5.88 Å². The van der Waals surface area contributed by atoms with E-state index in [1.807, 2.05) is 0 Å². The minimum atomic E-state index is -0.554. The van der Waals surface area contributed by atoms with Crippen molar-refractivity contribution in [2.24, 2.45) is 5.73 Å². The smallest absolute Gasteiger partial charge is 0.254 e. The van der Waals surface area contributed by atoms with Crippen LogP contribution in [0, 0.1) is 5.82 Å². The highest BCUT2D eigenvalue weighted by molar-refractivity contribution is 5.95. The van der Waals surface area contributed by atoms with E-state index in [0.717, 1.165) is 25.7 Å². The van der Waals surface area contributed by atoms with Gasteiger partial charge in [-0.1, -0.05) is 0 Å². The average molecular weight is 381 g/mol. The number of amides is 1. The van der Waals surface area contributed by atoms with Gasteiger partial charge < -0.3 is 15.8 Å². The van der Waals surface area contributed by atoms with Gasteiger partial charge in [-0.05, 0) is 56.0 Å². The summed E-state index contributed by atoms with van der Waals surface area (Å²) in [6, 6.07) is 7.93. The molecule has 0 spiro atoms. The Balaban J connectivity index is 1.40. The third-order valence-corrected chi connectivity index (χ3v) is 4.93. The van der Waals surface area contributed by atoms with Gasteiger partial charge in [0, 0.05) is 17.6 Å². The summed E-state index contributed by atoms with van der Waals surface area (Å²) in [4.78, 5) is 24.1. The topological polar surface area (TPSA) is 103 Å². The highest BCUT2D eigenvalue weighted by atomic mass is 19.1. The number of benzene rings is 1. The van der Waals surface area contributed by atoms with Crippen LogP contribution in [0.2, 0.25) is 0 Å². The number of hydrogen-bond acceptors (Lipinski definition) is 6. The first-order valence-electron chi connectivity index (χ1n) is 9.18. The van der Waals surface area contributed by atoms with Crippen molar-refractivity contribution >= 4 is 22.6 Å². The lowest BCUT2D eigenvalue weighted by molar-refractivity contribution is 0.0983.